The Bertz CT molecular complexity index is 89.2. The zero-order valence-electron chi connectivity index (χ0n) is 10.1. The third kappa shape index (κ3) is 73.3. The molecule has 0 aromatic carbocycles. The Morgan fingerprint density at radius 3 is 0.765 bits per heavy atom. The van der Waals surface area contributed by atoms with Crippen LogP contribution < -0.4 is 27.7 Å². The van der Waals surface area contributed by atoms with Gasteiger partial charge in [-0.05, 0) is 0 Å². The zero-order valence-corrected chi connectivity index (χ0v) is 14.7. The molecule has 0 spiro atoms. The van der Waals surface area contributed by atoms with Crippen LogP contribution in [-0.2, 0) is 21.7 Å². The second-order valence-electron chi connectivity index (χ2n) is 2.89. The van der Waals surface area contributed by atoms with Crippen molar-refractivity contribution in [1.29, 1.82) is 0 Å². The molecule has 3 atom stereocenters. The van der Waals surface area contributed by atoms with Crippen LogP contribution in [-0.4, -0.2) is 36.0 Å². The molecule has 0 amide bonds. The summed E-state index contributed by atoms with van der Waals surface area (Å²) >= 11 is 15.1. The minimum atomic E-state index is -0.600. The van der Waals surface area contributed by atoms with Crippen molar-refractivity contribution in [2.75, 3.05) is 17.6 Å². The molecular formula is C9H18Cl4O3Ti. The van der Waals surface area contributed by atoms with Crippen LogP contribution in [0, 0.1) is 0 Å². The number of alkyl halides is 3. The van der Waals surface area contributed by atoms with E-state index in [9.17, 15) is 15.3 Å². The molecule has 3 nitrogen and oxygen atoms in total. The first-order chi connectivity index (χ1) is 6.81. The van der Waals surface area contributed by atoms with Gasteiger partial charge in [-0.3, -0.25) is 0 Å². The van der Waals surface area contributed by atoms with Gasteiger partial charge in [0.25, 0.3) is 0 Å². The fourth-order valence-corrected chi connectivity index (χ4v) is 0. The summed E-state index contributed by atoms with van der Waals surface area (Å²) in [7, 11) is 0. The smallest absolute Gasteiger partial charge is 1.00 e. The Morgan fingerprint density at radius 1 is 0.706 bits per heavy atom. The third-order valence-corrected chi connectivity index (χ3v) is 1.96. The average Bonchev–Trinajstić information content (AvgIpc) is 2.19. The molecule has 0 saturated heterocycles. The second kappa shape index (κ2) is 26.3. The monoisotopic (exact) mass is 362 g/mol. The molecule has 0 saturated carbocycles. The SMILES string of the molecule is CC([O-])CCl.CC([O-])CCl.CC([O-])CCl.[Cl-].[Ti+4]. The normalized spacial score (nSPS) is 13.2. The number of hydrogen-bond acceptors (Lipinski definition) is 3. The van der Waals surface area contributed by atoms with Crippen LogP contribution >= 0.6 is 34.8 Å². The molecule has 0 rings (SSSR count). The maximum Gasteiger partial charge on any atom is 4.00 e. The van der Waals surface area contributed by atoms with E-state index in [1.54, 1.807) is 0 Å². The average molecular weight is 364 g/mol. The number of hydrogen-bond donors (Lipinski definition) is 0. The van der Waals surface area contributed by atoms with Crippen molar-refractivity contribution in [2.24, 2.45) is 0 Å². The van der Waals surface area contributed by atoms with Gasteiger partial charge in [0.15, 0.2) is 0 Å². The van der Waals surface area contributed by atoms with E-state index in [0.29, 0.717) is 0 Å². The molecule has 17 heavy (non-hydrogen) atoms. The quantitative estimate of drug-likeness (QED) is 0.394. The largest absolute Gasteiger partial charge is 4.00 e. The molecule has 0 heterocycles. The molecule has 104 valence electrons. The van der Waals surface area contributed by atoms with Crippen LogP contribution in [0.4, 0.5) is 0 Å². The van der Waals surface area contributed by atoms with E-state index in [1.807, 2.05) is 0 Å². The second-order valence-corrected chi connectivity index (χ2v) is 3.82. The van der Waals surface area contributed by atoms with Crippen molar-refractivity contribution >= 4 is 34.8 Å². The van der Waals surface area contributed by atoms with Gasteiger partial charge < -0.3 is 27.7 Å². The third-order valence-electron chi connectivity index (χ3n) is 0.652. The summed E-state index contributed by atoms with van der Waals surface area (Å²) < 4.78 is 0. The van der Waals surface area contributed by atoms with Gasteiger partial charge in [-0.15, -0.1) is 53.1 Å². The maximum absolute atomic E-state index is 9.76. The van der Waals surface area contributed by atoms with E-state index >= 15 is 0 Å². The van der Waals surface area contributed by atoms with E-state index in [4.69, 9.17) is 34.8 Å². The topological polar surface area (TPSA) is 69.2 Å². The van der Waals surface area contributed by atoms with Crippen molar-refractivity contribution < 1.29 is 49.4 Å². The van der Waals surface area contributed by atoms with Gasteiger partial charge in [0.2, 0.25) is 0 Å². The van der Waals surface area contributed by atoms with Crippen molar-refractivity contribution in [1.82, 2.24) is 0 Å². The van der Waals surface area contributed by atoms with Crippen LogP contribution in [0.3, 0.4) is 0 Å². The van der Waals surface area contributed by atoms with E-state index in [0.717, 1.165) is 0 Å². The van der Waals surface area contributed by atoms with E-state index in [2.05, 4.69) is 0 Å². The van der Waals surface area contributed by atoms with Gasteiger partial charge in [0.1, 0.15) is 0 Å². The van der Waals surface area contributed by atoms with Crippen LogP contribution in [0.15, 0.2) is 0 Å². The first kappa shape index (κ1) is 31.2. The first-order valence-corrected chi connectivity index (χ1v) is 6.07. The van der Waals surface area contributed by atoms with Gasteiger partial charge in [0, 0.05) is 17.6 Å². The molecule has 0 N–H and O–H groups in total. The van der Waals surface area contributed by atoms with Crippen molar-refractivity contribution in [3.05, 3.63) is 0 Å². The van der Waals surface area contributed by atoms with Gasteiger partial charge in [-0.25, -0.2) is 0 Å². The molecule has 0 bridgehead atoms. The molecule has 0 aromatic heterocycles. The molecule has 3 unspecified atom stereocenters. The van der Waals surface area contributed by atoms with Gasteiger partial charge in [0.05, 0.1) is 0 Å². The summed E-state index contributed by atoms with van der Waals surface area (Å²) in [6.45, 7) is 4.60. The summed E-state index contributed by atoms with van der Waals surface area (Å²) in [5.41, 5.74) is 0. The van der Waals surface area contributed by atoms with E-state index in [1.165, 1.54) is 20.8 Å². The van der Waals surface area contributed by atoms with E-state index in [-0.39, 0.29) is 51.8 Å². The fourth-order valence-electron chi connectivity index (χ4n) is 0. The molecular weight excluding hydrogens is 346 g/mol. The summed E-state index contributed by atoms with van der Waals surface area (Å²) in [4.78, 5) is 0. The molecule has 0 fully saturated rings. The predicted octanol–water partition coefficient (Wildman–Crippen LogP) is -3.08. The summed E-state index contributed by atoms with van der Waals surface area (Å²) in [6.07, 6.45) is -1.80. The van der Waals surface area contributed by atoms with Crippen LogP contribution in [0.25, 0.3) is 0 Å². The Morgan fingerprint density at radius 2 is 0.765 bits per heavy atom. The molecule has 0 aliphatic carbocycles. The predicted molar refractivity (Wildman–Crippen MR) is 60.5 cm³/mol. The fraction of sp³-hybridized carbons (Fsp3) is 1.00. The van der Waals surface area contributed by atoms with Crippen molar-refractivity contribution in [2.45, 2.75) is 39.1 Å². The summed E-state index contributed by atoms with van der Waals surface area (Å²) in [6, 6.07) is 0. The minimum absolute atomic E-state index is 0. The number of halogens is 4. The van der Waals surface area contributed by atoms with Gasteiger partial charge >= 0.3 is 21.7 Å². The van der Waals surface area contributed by atoms with Crippen molar-refractivity contribution in [3.8, 4) is 0 Å². The standard InChI is InChI=1S/3C3H6ClO.ClH.Ti/c3*1-3(5)2-4;;/h3*3H,2H2,1H3;1H;/q3*-1;;+4/p-1. The zero-order chi connectivity index (χ0) is 12.9. The first-order valence-electron chi connectivity index (χ1n) is 4.47. The van der Waals surface area contributed by atoms with Gasteiger partial charge in [-0.2, -0.15) is 0 Å². The summed E-state index contributed by atoms with van der Waals surface area (Å²) in [5, 5.41) is 29.3. The van der Waals surface area contributed by atoms with Crippen LogP contribution in [0.5, 0.6) is 0 Å². The van der Waals surface area contributed by atoms with Gasteiger partial charge in [-0.1, -0.05) is 20.8 Å². The molecule has 0 radical (unpaired) electrons. The molecule has 0 aliphatic heterocycles. The van der Waals surface area contributed by atoms with Crippen LogP contribution in [0.2, 0.25) is 0 Å². The Hall–Kier alpha value is 1.75. The summed E-state index contributed by atoms with van der Waals surface area (Å²) in [5.74, 6) is 0.667. The minimum Gasteiger partial charge on any atom is -1.00 e. The Kier molecular flexibility index (Phi) is 48.4. The molecule has 8 heteroatoms. The Labute approximate surface area is 140 Å². The molecule has 0 aromatic rings. The van der Waals surface area contributed by atoms with Crippen molar-refractivity contribution in [3.63, 3.8) is 0 Å². The number of rotatable bonds is 3. The van der Waals surface area contributed by atoms with Crippen LogP contribution in [0.1, 0.15) is 20.8 Å². The Balaban J connectivity index is -0.0000000400. The molecule has 0 aliphatic rings. The maximum atomic E-state index is 9.76. The van der Waals surface area contributed by atoms with E-state index < -0.39 is 18.3 Å².